The van der Waals surface area contributed by atoms with Crippen molar-refractivity contribution in [1.82, 2.24) is 29.9 Å². The summed E-state index contributed by atoms with van der Waals surface area (Å²) in [6, 6.07) is 4.43. The van der Waals surface area contributed by atoms with E-state index in [1.54, 1.807) is 4.80 Å². The van der Waals surface area contributed by atoms with Crippen LogP contribution in [0.2, 0.25) is 0 Å². The van der Waals surface area contributed by atoms with E-state index in [-0.39, 0.29) is 11.1 Å². The number of aryl methyl sites for hydroxylation is 2. The van der Waals surface area contributed by atoms with Crippen LogP contribution in [0.5, 0.6) is 0 Å². The van der Waals surface area contributed by atoms with Crippen molar-refractivity contribution in [2.45, 2.75) is 32.6 Å². The lowest BCUT2D eigenvalue weighted by atomic mass is 10.0. The summed E-state index contributed by atoms with van der Waals surface area (Å²) in [5, 5.41) is 8.97. The first-order valence-corrected chi connectivity index (χ1v) is 9.68. The average Bonchev–Trinajstić information content (AvgIpc) is 3.39. The minimum Gasteiger partial charge on any atom is -0.344 e. The molecule has 2 aromatic heterocycles. The summed E-state index contributed by atoms with van der Waals surface area (Å²) in [7, 11) is 5.93. The van der Waals surface area contributed by atoms with E-state index < -0.39 is 0 Å². The van der Waals surface area contributed by atoms with Crippen LogP contribution in [0.15, 0.2) is 16.9 Å². The van der Waals surface area contributed by atoms with Crippen molar-refractivity contribution >= 4 is 17.1 Å². The first-order chi connectivity index (χ1) is 13.3. The maximum Gasteiger partial charge on any atom is 0.282 e. The summed E-state index contributed by atoms with van der Waals surface area (Å²) in [5.41, 5.74) is 4.88. The predicted molar refractivity (Wildman–Crippen MR) is 111 cm³/mol. The van der Waals surface area contributed by atoms with Gasteiger partial charge in [-0.1, -0.05) is 12.1 Å². The third kappa shape index (κ3) is 3.52. The highest BCUT2D eigenvalue weighted by Crippen LogP contribution is 2.41. The minimum atomic E-state index is -0.271. The number of rotatable bonds is 6. The molecule has 0 unspecified atom stereocenters. The Kier molecular flexibility index (Phi) is 4.66. The van der Waals surface area contributed by atoms with Gasteiger partial charge in [-0.3, -0.25) is 9.78 Å². The molecule has 0 saturated heterocycles. The zero-order valence-electron chi connectivity index (χ0n) is 17.2. The van der Waals surface area contributed by atoms with Gasteiger partial charge in [0.1, 0.15) is 0 Å². The zero-order valence-corrected chi connectivity index (χ0v) is 17.2. The first kappa shape index (κ1) is 18.6. The van der Waals surface area contributed by atoms with Gasteiger partial charge >= 0.3 is 0 Å². The lowest BCUT2D eigenvalue weighted by Crippen LogP contribution is -2.30. The zero-order chi connectivity index (χ0) is 20.0. The molecule has 1 fully saturated rings. The maximum atomic E-state index is 12.6. The van der Waals surface area contributed by atoms with Gasteiger partial charge in [0.05, 0.1) is 5.69 Å². The second kappa shape index (κ2) is 7.01. The van der Waals surface area contributed by atoms with Crippen molar-refractivity contribution in [3.8, 4) is 5.69 Å². The SMILES string of the molecule is Cc1cc(C2CC2)cc(C)c1-n1nc2nc(N(C)CCN(C)C)[nH]c(=O)c2n1. The molecule has 0 radical (unpaired) electrons. The number of H-pyrrole nitrogens is 1. The molecule has 0 bridgehead atoms. The summed E-state index contributed by atoms with van der Waals surface area (Å²) in [6.45, 7) is 5.74. The van der Waals surface area contributed by atoms with Crippen molar-refractivity contribution in [2.24, 2.45) is 0 Å². The van der Waals surface area contributed by atoms with Gasteiger partial charge in [0.15, 0.2) is 5.52 Å². The average molecular weight is 381 g/mol. The quantitative estimate of drug-likeness (QED) is 0.703. The van der Waals surface area contributed by atoms with Gasteiger partial charge in [0.25, 0.3) is 5.56 Å². The van der Waals surface area contributed by atoms with Gasteiger partial charge in [0, 0.05) is 20.1 Å². The van der Waals surface area contributed by atoms with Crippen LogP contribution < -0.4 is 10.5 Å². The molecule has 1 saturated carbocycles. The molecule has 4 rings (SSSR count). The number of benzene rings is 1. The predicted octanol–water partition coefficient (Wildman–Crippen LogP) is 2.00. The van der Waals surface area contributed by atoms with Crippen molar-refractivity contribution in [1.29, 1.82) is 0 Å². The normalized spacial score (nSPS) is 14.2. The number of nitrogens with one attached hydrogen (secondary N) is 1. The highest BCUT2D eigenvalue weighted by molar-refractivity contribution is 5.70. The fourth-order valence-corrected chi connectivity index (χ4v) is 3.50. The molecule has 8 nitrogen and oxygen atoms in total. The van der Waals surface area contributed by atoms with Crippen molar-refractivity contribution in [3.63, 3.8) is 0 Å². The van der Waals surface area contributed by atoms with Crippen LogP contribution in [0.1, 0.15) is 35.4 Å². The molecule has 8 heteroatoms. The Morgan fingerprint density at radius 1 is 1.11 bits per heavy atom. The molecule has 148 valence electrons. The smallest absolute Gasteiger partial charge is 0.282 e. The number of hydrogen-bond donors (Lipinski definition) is 1. The number of likely N-dealkylation sites (N-methyl/N-ethyl adjacent to an activating group) is 2. The van der Waals surface area contributed by atoms with E-state index in [0.717, 1.165) is 29.9 Å². The number of fused-ring (bicyclic) bond motifs is 1. The monoisotopic (exact) mass is 381 g/mol. The Balaban J connectivity index is 1.72. The van der Waals surface area contributed by atoms with E-state index in [4.69, 9.17) is 0 Å². The van der Waals surface area contributed by atoms with E-state index in [9.17, 15) is 4.79 Å². The van der Waals surface area contributed by atoms with Gasteiger partial charge in [0.2, 0.25) is 11.6 Å². The van der Waals surface area contributed by atoms with Crippen LogP contribution in [0, 0.1) is 13.8 Å². The van der Waals surface area contributed by atoms with Gasteiger partial charge in [-0.15, -0.1) is 15.0 Å². The lowest BCUT2D eigenvalue weighted by molar-refractivity contribution is 0.415. The van der Waals surface area contributed by atoms with Crippen LogP contribution in [-0.4, -0.2) is 64.1 Å². The molecule has 0 amide bonds. The summed E-state index contributed by atoms with van der Waals surface area (Å²) in [5.74, 6) is 1.20. The van der Waals surface area contributed by atoms with E-state index in [0.29, 0.717) is 17.5 Å². The second-order valence-corrected chi connectivity index (χ2v) is 8.05. The van der Waals surface area contributed by atoms with Gasteiger partial charge < -0.3 is 9.80 Å². The van der Waals surface area contributed by atoms with Crippen LogP contribution in [0.25, 0.3) is 16.9 Å². The third-order valence-corrected chi connectivity index (χ3v) is 5.25. The molecular formula is C20H27N7O. The Hall–Kier alpha value is -2.74. The summed E-state index contributed by atoms with van der Waals surface area (Å²) < 4.78 is 0. The highest BCUT2D eigenvalue weighted by Gasteiger charge is 2.25. The molecule has 0 spiro atoms. The fraction of sp³-hybridized carbons (Fsp3) is 0.500. The molecule has 1 aliphatic carbocycles. The molecule has 0 aliphatic heterocycles. The molecule has 1 aliphatic rings. The second-order valence-electron chi connectivity index (χ2n) is 8.05. The van der Waals surface area contributed by atoms with Gasteiger partial charge in [-0.2, -0.15) is 4.98 Å². The lowest BCUT2D eigenvalue weighted by Gasteiger charge is -2.19. The summed E-state index contributed by atoms with van der Waals surface area (Å²) in [6.07, 6.45) is 2.54. The van der Waals surface area contributed by atoms with Crippen LogP contribution in [0.3, 0.4) is 0 Å². The number of aromatic nitrogens is 5. The first-order valence-electron chi connectivity index (χ1n) is 9.68. The molecule has 3 aromatic rings. The number of nitrogens with zero attached hydrogens (tertiary/aromatic N) is 6. The van der Waals surface area contributed by atoms with Gasteiger partial charge in [-0.05, 0) is 63.4 Å². The van der Waals surface area contributed by atoms with E-state index in [1.165, 1.54) is 18.4 Å². The molecule has 1 aromatic carbocycles. The fourth-order valence-electron chi connectivity index (χ4n) is 3.50. The third-order valence-electron chi connectivity index (χ3n) is 5.25. The maximum absolute atomic E-state index is 12.6. The van der Waals surface area contributed by atoms with Crippen molar-refractivity contribution < 1.29 is 0 Å². The number of anilines is 1. The van der Waals surface area contributed by atoms with E-state index in [2.05, 4.69) is 51.0 Å². The van der Waals surface area contributed by atoms with E-state index >= 15 is 0 Å². The Bertz CT molecular complexity index is 1050. The minimum absolute atomic E-state index is 0.259. The van der Waals surface area contributed by atoms with Crippen molar-refractivity contribution in [2.75, 3.05) is 39.1 Å². The summed E-state index contributed by atoms with van der Waals surface area (Å²) >= 11 is 0. The molecule has 2 heterocycles. The number of aromatic amines is 1. The Morgan fingerprint density at radius 2 is 1.79 bits per heavy atom. The van der Waals surface area contributed by atoms with E-state index in [1.807, 2.05) is 26.0 Å². The number of hydrogen-bond acceptors (Lipinski definition) is 6. The highest BCUT2D eigenvalue weighted by atomic mass is 16.1. The largest absolute Gasteiger partial charge is 0.344 e. The topological polar surface area (TPSA) is 82.9 Å². The molecule has 1 N–H and O–H groups in total. The van der Waals surface area contributed by atoms with Crippen LogP contribution in [0.4, 0.5) is 5.95 Å². The standard InChI is InChI=1S/C20H27N7O/c1-12-10-15(14-6-7-14)11-13(2)17(12)27-23-16-18(24-27)21-20(22-19(16)28)26(5)9-8-25(3)4/h10-11,14H,6-9H2,1-5H3,(H,21,22,24,28). The van der Waals surface area contributed by atoms with Crippen LogP contribution >= 0.6 is 0 Å². The molecular weight excluding hydrogens is 354 g/mol. The van der Waals surface area contributed by atoms with Crippen molar-refractivity contribution in [3.05, 3.63) is 39.2 Å². The Labute approximate surface area is 164 Å². The van der Waals surface area contributed by atoms with Crippen LogP contribution in [-0.2, 0) is 0 Å². The van der Waals surface area contributed by atoms with Gasteiger partial charge in [-0.25, -0.2) is 0 Å². The summed E-state index contributed by atoms with van der Waals surface area (Å²) in [4.78, 5) is 25.5. The molecule has 28 heavy (non-hydrogen) atoms. The molecule has 0 atom stereocenters. The Morgan fingerprint density at radius 3 is 2.39 bits per heavy atom.